The molecular formula is C27H32N2O2. The molecule has 1 saturated heterocycles. The molecule has 4 rings (SSSR count). The van der Waals surface area contributed by atoms with Gasteiger partial charge in [0.05, 0.1) is 0 Å². The molecule has 1 heterocycles. The van der Waals surface area contributed by atoms with Crippen LogP contribution in [0, 0.1) is 6.92 Å². The highest BCUT2D eigenvalue weighted by Crippen LogP contribution is 2.32. The number of benzene rings is 2. The number of piperazine rings is 1. The Morgan fingerprint density at radius 3 is 2.35 bits per heavy atom. The maximum Gasteiger partial charge on any atom is 0.246 e. The summed E-state index contributed by atoms with van der Waals surface area (Å²) < 4.78 is 0. The Bertz CT molecular complexity index is 951. The number of nitrogens with zero attached hydrogens (tertiary/aromatic N) is 2. The molecular weight excluding hydrogens is 384 g/mol. The van der Waals surface area contributed by atoms with Crippen molar-refractivity contribution in [1.29, 1.82) is 0 Å². The average molecular weight is 417 g/mol. The molecule has 2 aromatic carbocycles. The quantitative estimate of drug-likeness (QED) is 0.501. The number of anilines is 1. The van der Waals surface area contributed by atoms with Crippen molar-refractivity contribution in [3.05, 3.63) is 77.4 Å². The van der Waals surface area contributed by atoms with Gasteiger partial charge in [0.15, 0.2) is 5.78 Å². The van der Waals surface area contributed by atoms with Gasteiger partial charge in [0.1, 0.15) is 0 Å². The van der Waals surface area contributed by atoms with Crippen LogP contribution in [0.15, 0.2) is 60.7 Å². The van der Waals surface area contributed by atoms with Crippen LogP contribution < -0.4 is 4.90 Å². The summed E-state index contributed by atoms with van der Waals surface area (Å²) in [7, 11) is 0. The first-order valence-corrected chi connectivity index (χ1v) is 11.5. The minimum atomic E-state index is -0.0930. The molecule has 0 spiro atoms. The largest absolute Gasteiger partial charge is 0.368 e. The van der Waals surface area contributed by atoms with E-state index in [-0.39, 0.29) is 11.7 Å². The molecule has 1 amide bonds. The number of ketones is 1. The number of rotatable bonds is 5. The predicted molar refractivity (Wildman–Crippen MR) is 126 cm³/mol. The van der Waals surface area contributed by atoms with Crippen molar-refractivity contribution in [1.82, 2.24) is 4.90 Å². The van der Waals surface area contributed by atoms with Gasteiger partial charge in [0, 0.05) is 43.5 Å². The smallest absolute Gasteiger partial charge is 0.246 e. The second-order valence-electron chi connectivity index (χ2n) is 8.76. The third-order valence-electron chi connectivity index (χ3n) is 6.67. The van der Waals surface area contributed by atoms with Crippen LogP contribution in [0.1, 0.15) is 59.5 Å². The van der Waals surface area contributed by atoms with E-state index in [0.717, 1.165) is 13.1 Å². The average Bonchev–Trinajstić information content (AvgIpc) is 2.83. The van der Waals surface area contributed by atoms with Crippen molar-refractivity contribution < 1.29 is 9.59 Å². The lowest BCUT2D eigenvalue weighted by molar-refractivity contribution is -0.126. The highest BCUT2D eigenvalue weighted by Gasteiger charge is 2.21. The van der Waals surface area contributed by atoms with Crippen molar-refractivity contribution in [2.24, 2.45) is 0 Å². The monoisotopic (exact) mass is 416 g/mol. The summed E-state index contributed by atoms with van der Waals surface area (Å²) in [6.45, 7) is 5.07. The maximum absolute atomic E-state index is 12.7. The van der Waals surface area contributed by atoms with Gasteiger partial charge >= 0.3 is 0 Å². The van der Waals surface area contributed by atoms with E-state index in [1.54, 1.807) is 0 Å². The van der Waals surface area contributed by atoms with E-state index >= 15 is 0 Å². The van der Waals surface area contributed by atoms with E-state index in [0.29, 0.717) is 24.6 Å². The summed E-state index contributed by atoms with van der Waals surface area (Å²) >= 11 is 0. The van der Waals surface area contributed by atoms with Crippen LogP contribution >= 0.6 is 0 Å². The summed E-state index contributed by atoms with van der Waals surface area (Å²) in [5, 5.41) is 0. The maximum atomic E-state index is 12.7. The Morgan fingerprint density at radius 1 is 0.871 bits per heavy atom. The predicted octanol–water partition coefficient (Wildman–Crippen LogP) is 5.13. The topological polar surface area (TPSA) is 40.6 Å². The first kappa shape index (κ1) is 21.4. The summed E-state index contributed by atoms with van der Waals surface area (Å²) in [6, 6.07) is 16.3. The molecule has 1 aliphatic heterocycles. The molecule has 0 N–H and O–H groups in total. The highest BCUT2D eigenvalue weighted by atomic mass is 16.2. The Balaban J connectivity index is 1.33. The van der Waals surface area contributed by atoms with E-state index in [9.17, 15) is 9.59 Å². The SMILES string of the molecule is Cc1ccccc1N1CCN(C(=O)/C=C/C(=O)c2cccc(C3CCCCC3)c2)CC1. The standard InChI is InChI=1S/C27H32N2O2/c1-21-8-5-6-13-25(21)28-16-18-29(19-17-28)27(31)15-14-26(30)24-12-7-11-23(20-24)22-9-3-2-4-10-22/h5-8,11-15,20,22H,2-4,9-10,16-19H2,1H3/b15-14+. The zero-order valence-corrected chi connectivity index (χ0v) is 18.4. The minimum Gasteiger partial charge on any atom is -0.368 e. The van der Waals surface area contributed by atoms with Gasteiger partial charge in [-0.25, -0.2) is 0 Å². The van der Waals surface area contributed by atoms with Crippen LogP contribution in [-0.4, -0.2) is 42.8 Å². The van der Waals surface area contributed by atoms with Gasteiger partial charge in [0.25, 0.3) is 0 Å². The number of carbonyl (C=O) groups excluding carboxylic acids is 2. The van der Waals surface area contributed by atoms with Gasteiger partial charge in [0.2, 0.25) is 5.91 Å². The Kier molecular flexibility index (Phi) is 6.86. The Morgan fingerprint density at radius 2 is 1.61 bits per heavy atom. The number of hydrogen-bond acceptors (Lipinski definition) is 3. The van der Waals surface area contributed by atoms with Gasteiger partial charge in [-0.1, -0.05) is 55.7 Å². The number of carbonyl (C=O) groups is 2. The van der Waals surface area contributed by atoms with Gasteiger partial charge in [-0.15, -0.1) is 0 Å². The van der Waals surface area contributed by atoms with E-state index in [1.807, 2.05) is 29.2 Å². The molecule has 0 unspecified atom stereocenters. The molecule has 1 aliphatic carbocycles. The fraction of sp³-hybridized carbons (Fsp3) is 0.407. The highest BCUT2D eigenvalue weighted by molar-refractivity contribution is 6.07. The summed E-state index contributed by atoms with van der Waals surface area (Å²) in [4.78, 5) is 29.5. The number of aryl methyl sites for hydroxylation is 1. The first-order chi connectivity index (χ1) is 15.1. The molecule has 4 heteroatoms. The number of amides is 1. The van der Waals surface area contributed by atoms with Crippen molar-refractivity contribution >= 4 is 17.4 Å². The molecule has 2 fully saturated rings. The van der Waals surface area contributed by atoms with Gasteiger partial charge in [-0.05, 0) is 55.0 Å². The fourth-order valence-corrected chi connectivity index (χ4v) is 4.82. The number of hydrogen-bond donors (Lipinski definition) is 0. The van der Waals surface area contributed by atoms with Crippen LogP contribution in [0.3, 0.4) is 0 Å². The molecule has 0 aromatic heterocycles. The van der Waals surface area contributed by atoms with Crippen LogP contribution in [0.2, 0.25) is 0 Å². The van der Waals surface area contributed by atoms with Crippen LogP contribution in [0.4, 0.5) is 5.69 Å². The molecule has 0 bridgehead atoms. The van der Waals surface area contributed by atoms with Crippen LogP contribution in [0.25, 0.3) is 0 Å². The molecule has 2 aliphatic rings. The Hall–Kier alpha value is -2.88. The lowest BCUT2D eigenvalue weighted by atomic mass is 9.83. The van der Waals surface area contributed by atoms with E-state index in [4.69, 9.17) is 0 Å². The lowest BCUT2D eigenvalue weighted by Gasteiger charge is -2.36. The summed E-state index contributed by atoms with van der Waals surface area (Å²) in [5.41, 5.74) is 4.43. The zero-order valence-electron chi connectivity index (χ0n) is 18.4. The van der Waals surface area contributed by atoms with E-state index in [1.165, 1.54) is 61.1 Å². The molecule has 0 radical (unpaired) electrons. The Labute approximate surface area is 185 Å². The number of allylic oxidation sites excluding steroid dienone is 1. The normalized spacial score (nSPS) is 17.8. The van der Waals surface area contributed by atoms with Crippen LogP contribution in [-0.2, 0) is 4.79 Å². The third kappa shape index (κ3) is 5.25. The van der Waals surface area contributed by atoms with E-state index < -0.39 is 0 Å². The second kappa shape index (κ2) is 9.95. The molecule has 0 atom stereocenters. The molecule has 1 saturated carbocycles. The van der Waals surface area contributed by atoms with Gasteiger partial charge in [-0.3, -0.25) is 9.59 Å². The fourth-order valence-electron chi connectivity index (χ4n) is 4.82. The first-order valence-electron chi connectivity index (χ1n) is 11.5. The molecule has 2 aromatic rings. The van der Waals surface area contributed by atoms with Crippen molar-refractivity contribution in [2.75, 3.05) is 31.1 Å². The van der Waals surface area contributed by atoms with Gasteiger partial charge in [-0.2, -0.15) is 0 Å². The van der Waals surface area contributed by atoms with Crippen molar-refractivity contribution in [3.63, 3.8) is 0 Å². The lowest BCUT2D eigenvalue weighted by Crippen LogP contribution is -2.48. The van der Waals surface area contributed by atoms with Gasteiger partial charge < -0.3 is 9.80 Å². The second-order valence-corrected chi connectivity index (χ2v) is 8.76. The summed E-state index contributed by atoms with van der Waals surface area (Å²) in [5.74, 6) is 0.391. The number of para-hydroxylation sites is 1. The molecule has 162 valence electrons. The van der Waals surface area contributed by atoms with E-state index in [2.05, 4.69) is 36.1 Å². The molecule has 31 heavy (non-hydrogen) atoms. The third-order valence-corrected chi connectivity index (χ3v) is 6.67. The van der Waals surface area contributed by atoms with Crippen LogP contribution in [0.5, 0.6) is 0 Å². The minimum absolute atomic E-state index is 0.0822. The zero-order chi connectivity index (χ0) is 21.6. The van der Waals surface area contributed by atoms with Crippen molar-refractivity contribution in [3.8, 4) is 0 Å². The van der Waals surface area contributed by atoms with Crippen molar-refractivity contribution in [2.45, 2.75) is 44.9 Å². The molecule has 4 nitrogen and oxygen atoms in total. The summed E-state index contributed by atoms with van der Waals surface area (Å²) in [6.07, 6.45) is 9.16.